The van der Waals surface area contributed by atoms with Crippen LogP contribution in [-0.2, 0) is 4.74 Å². The number of nitriles is 1. The zero-order valence-electron chi connectivity index (χ0n) is 13.6. The third kappa shape index (κ3) is 4.13. The molecule has 0 saturated carbocycles. The van der Waals surface area contributed by atoms with E-state index in [-0.39, 0.29) is 11.3 Å². The van der Waals surface area contributed by atoms with Crippen LogP contribution in [0.15, 0.2) is 42.5 Å². The van der Waals surface area contributed by atoms with Crippen LogP contribution in [0.1, 0.15) is 18.1 Å². The van der Waals surface area contributed by atoms with Crippen LogP contribution in [0.25, 0.3) is 17.2 Å². The van der Waals surface area contributed by atoms with E-state index in [1.165, 1.54) is 12.1 Å². The first-order valence-corrected chi connectivity index (χ1v) is 7.48. The number of nitrogens with zero attached hydrogens (tertiary/aromatic N) is 1. The fourth-order valence-corrected chi connectivity index (χ4v) is 2.27. The van der Waals surface area contributed by atoms with E-state index in [1.54, 1.807) is 32.2 Å². The average Bonchev–Trinajstić information content (AvgIpc) is 2.60. The number of hydrogen-bond donors (Lipinski definition) is 2. The van der Waals surface area contributed by atoms with E-state index in [9.17, 15) is 10.2 Å². The molecule has 124 valence electrons. The summed E-state index contributed by atoms with van der Waals surface area (Å²) in [5.74, 6) is 0.613. The lowest BCUT2D eigenvalue weighted by molar-refractivity contribution is -0.0581. The van der Waals surface area contributed by atoms with Gasteiger partial charge < -0.3 is 19.7 Å². The molecular weight excluding hydrogens is 306 g/mol. The van der Waals surface area contributed by atoms with Gasteiger partial charge in [0.1, 0.15) is 17.6 Å². The Kier molecular flexibility index (Phi) is 5.96. The van der Waals surface area contributed by atoms with Crippen molar-refractivity contribution in [1.82, 2.24) is 0 Å². The third-order valence-corrected chi connectivity index (χ3v) is 3.46. The van der Waals surface area contributed by atoms with Crippen LogP contribution < -0.4 is 4.74 Å². The Hall–Kier alpha value is -2.81. The lowest BCUT2D eigenvalue weighted by atomic mass is 9.97. The summed E-state index contributed by atoms with van der Waals surface area (Å²) >= 11 is 0. The van der Waals surface area contributed by atoms with Crippen LogP contribution in [0.2, 0.25) is 0 Å². The van der Waals surface area contributed by atoms with Crippen molar-refractivity contribution in [1.29, 1.82) is 5.26 Å². The second-order valence-corrected chi connectivity index (χ2v) is 5.00. The number of ether oxygens (including phenoxy) is 2. The summed E-state index contributed by atoms with van der Waals surface area (Å²) < 4.78 is 10.3. The molecule has 0 heterocycles. The molecule has 0 fully saturated rings. The Morgan fingerprint density at radius 1 is 1.25 bits per heavy atom. The molecule has 0 bridgehead atoms. The fourth-order valence-electron chi connectivity index (χ4n) is 2.27. The van der Waals surface area contributed by atoms with Gasteiger partial charge in [0.25, 0.3) is 0 Å². The van der Waals surface area contributed by atoms with Crippen molar-refractivity contribution in [2.75, 3.05) is 13.7 Å². The van der Waals surface area contributed by atoms with Crippen molar-refractivity contribution < 1.29 is 19.7 Å². The number of aliphatic hydroxyl groups is 1. The summed E-state index contributed by atoms with van der Waals surface area (Å²) in [6.07, 6.45) is 2.27. The molecule has 5 heteroatoms. The zero-order valence-corrected chi connectivity index (χ0v) is 13.6. The highest BCUT2D eigenvalue weighted by Gasteiger charge is 2.09. The molecule has 1 unspecified atom stereocenters. The molecule has 0 aliphatic carbocycles. The van der Waals surface area contributed by atoms with Crippen molar-refractivity contribution in [3.63, 3.8) is 0 Å². The second-order valence-electron chi connectivity index (χ2n) is 5.00. The number of methoxy groups -OCH3 is 1. The molecule has 0 aliphatic rings. The van der Waals surface area contributed by atoms with E-state index in [1.807, 2.05) is 24.3 Å². The highest BCUT2D eigenvalue weighted by molar-refractivity contribution is 5.77. The number of aliphatic hydroxyl groups excluding tert-OH is 1. The minimum absolute atomic E-state index is 0.0568. The van der Waals surface area contributed by atoms with Crippen LogP contribution >= 0.6 is 0 Å². The Morgan fingerprint density at radius 3 is 2.71 bits per heavy atom. The maximum Gasteiger partial charge on any atom is 0.174 e. The lowest BCUT2D eigenvalue weighted by Gasteiger charge is -2.11. The van der Waals surface area contributed by atoms with Gasteiger partial charge in [-0.3, -0.25) is 0 Å². The Balaban J connectivity index is 2.48. The molecule has 2 rings (SSSR count). The molecule has 5 nitrogen and oxygen atoms in total. The molecular formula is C19H19NO4. The van der Waals surface area contributed by atoms with Gasteiger partial charge in [0, 0.05) is 6.61 Å². The number of phenols is 1. The largest absolute Gasteiger partial charge is 0.507 e. The van der Waals surface area contributed by atoms with Crippen LogP contribution in [0.4, 0.5) is 0 Å². The maximum atomic E-state index is 9.70. The summed E-state index contributed by atoms with van der Waals surface area (Å²) in [6.45, 7) is 2.20. The highest BCUT2D eigenvalue weighted by atomic mass is 16.6. The van der Waals surface area contributed by atoms with Crippen LogP contribution in [0, 0.1) is 11.3 Å². The Bertz CT molecular complexity index is 777. The van der Waals surface area contributed by atoms with Gasteiger partial charge in [-0.2, -0.15) is 5.26 Å². The SMILES string of the molecule is CCOC(O)/C=C/c1cc(OC)ccc1-c1ccc(O)c(C#N)c1. The molecule has 0 aromatic heterocycles. The van der Waals surface area contributed by atoms with Crippen LogP contribution in [0.5, 0.6) is 11.5 Å². The van der Waals surface area contributed by atoms with Crippen molar-refractivity contribution >= 4 is 6.08 Å². The molecule has 2 N–H and O–H groups in total. The Labute approximate surface area is 141 Å². The van der Waals surface area contributed by atoms with Gasteiger partial charge >= 0.3 is 0 Å². The average molecular weight is 325 g/mol. The topological polar surface area (TPSA) is 82.7 Å². The van der Waals surface area contributed by atoms with Gasteiger partial charge in [-0.05, 0) is 54.0 Å². The second kappa shape index (κ2) is 8.16. The third-order valence-electron chi connectivity index (χ3n) is 3.46. The molecule has 0 amide bonds. The predicted octanol–water partition coefficient (Wildman–Crippen LogP) is 3.31. The fraction of sp³-hybridized carbons (Fsp3) is 0.211. The number of hydrogen-bond acceptors (Lipinski definition) is 5. The van der Waals surface area contributed by atoms with E-state index in [0.29, 0.717) is 12.4 Å². The van der Waals surface area contributed by atoms with E-state index in [0.717, 1.165) is 16.7 Å². The lowest BCUT2D eigenvalue weighted by Crippen LogP contribution is -2.07. The van der Waals surface area contributed by atoms with Gasteiger partial charge in [0.2, 0.25) is 0 Å². The Morgan fingerprint density at radius 2 is 2.04 bits per heavy atom. The van der Waals surface area contributed by atoms with Crippen molar-refractivity contribution in [2.24, 2.45) is 0 Å². The van der Waals surface area contributed by atoms with Gasteiger partial charge in [-0.15, -0.1) is 0 Å². The zero-order chi connectivity index (χ0) is 17.5. The maximum absolute atomic E-state index is 9.70. The smallest absolute Gasteiger partial charge is 0.174 e. The number of benzene rings is 2. The molecule has 2 aromatic carbocycles. The van der Waals surface area contributed by atoms with Crippen LogP contribution in [0.3, 0.4) is 0 Å². The molecule has 24 heavy (non-hydrogen) atoms. The number of rotatable bonds is 6. The van der Waals surface area contributed by atoms with Gasteiger partial charge in [-0.25, -0.2) is 0 Å². The van der Waals surface area contributed by atoms with Gasteiger partial charge in [-0.1, -0.05) is 18.2 Å². The molecule has 0 spiro atoms. The van der Waals surface area contributed by atoms with E-state index in [4.69, 9.17) is 14.7 Å². The van der Waals surface area contributed by atoms with Gasteiger partial charge in [0.15, 0.2) is 6.29 Å². The first kappa shape index (κ1) is 17.5. The van der Waals surface area contributed by atoms with Crippen molar-refractivity contribution in [3.8, 4) is 28.7 Å². The highest BCUT2D eigenvalue weighted by Crippen LogP contribution is 2.31. The monoisotopic (exact) mass is 325 g/mol. The molecule has 0 aliphatic heterocycles. The van der Waals surface area contributed by atoms with Gasteiger partial charge in [0.05, 0.1) is 12.7 Å². The minimum Gasteiger partial charge on any atom is -0.507 e. The summed E-state index contributed by atoms with van der Waals surface area (Å²) in [4.78, 5) is 0. The molecule has 0 radical (unpaired) electrons. The van der Waals surface area contributed by atoms with Crippen LogP contribution in [-0.4, -0.2) is 30.2 Å². The summed E-state index contributed by atoms with van der Waals surface area (Å²) in [5.41, 5.74) is 2.61. The number of aromatic hydroxyl groups is 1. The molecule has 0 saturated heterocycles. The summed E-state index contributed by atoms with van der Waals surface area (Å²) in [7, 11) is 1.58. The quantitative estimate of drug-likeness (QED) is 0.796. The molecule has 2 aromatic rings. The minimum atomic E-state index is -0.997. The van der Waals surface area contributed by atoms with Crippen molar-refractivity contribution in [3.05, 3.63) is 53.6 Å². The number of phenolic OH excluding ortho intramolecular Hbond substituents is 1. The van der Waals surface area contributed by atoms with E-state index < -0.39 is 6.29 Å². The first-order valence-electron chi connectivity index (χ1n) is 7.48. The first-order chi connectivity index (χ1) is 11.6. The van der Waals surface area contributed by atoms with E-state index in [2.05, 4.69) is 0 Å². The predicted molar refractivity (Wildman–Crippen MR) is 91.5 cm³/mol. The molecule has 1 atom stereocenters. The summed E-state index contributed by atoms with van der Waals surface area (Å²) in [6, 6.07) is 12.3. The normalized spacial score (nSPS) is 12.1. The van der Waals surface area contributed by atoms with E-state index >= 15 is 0 Å². The summed E-state index contributed by atoms with van der Waals surface area (Å²) in [5, 5.41) is 28.4. The van der Waals surface area contributed by atoms with Crippen molar-refractivity contribution in [2.45, 2.75) is 13.2 Å². The standard InChI is InChI=1S/C19H19NO4/c1-3-24-19(22)9-5-14-11-16(23-2)6-7-17(14)13-4-8-18(21)15(10-13)12-20/h4-11,19,21-22H,3H2,1-2H3/b9-5+.